The van der Waals surface area contributed by atoms with Gasteiger partial charge in [-0.05, 0) is 24.1 Å². The van der Waals surface area contributed by atoms with Gasteiger partial charge in [0.2, 0.25) is 0 Å². The van der Waals surface area contributed by atoms with Gasteiger partial charge in [-0.15, -0.1) is 0 Å². The Kier molecular flexibility index (Phi) is 6.45. The second kappa shape index (κ2) is 8.81. The van der Waals surface area contributed by atoms with Gasteiger partial charge in [-0.2, -0.15) is 5.26 Å². The molecule has 1 amide bonds. The van der Waals surface area contributed by atoms with Crippen LogP contribution >= 0.6 is 0 Å². The van der Waals surface area contributed by atoms with E-state index in [9.17, 15) is 4.79 Å². The molecule has 6 nitrogen and oxygen atoms in total. The van der Waals surface area contributed by atoms with Gasteiger partial charge in [0, 0.05) is 25.8 Å². The van der Waals surface area contributed by atoms with E-state index in [1.165, 1.54) is 6.20 Å². The molecule has 6 heteroatoms. The number of carbonyl (C=O) groups is 1. The van der Waals surface area contributed by atoms with Gasteiger partial charge in [0.1, 0.15) is 17.4 Å². The Morgan fingerprint density at radius 2 is 2.26 bits per heavy atom. The predicted molar refractivity (Wildman–Crippen MR) is 85.8 cm³/mol. The van der Waals surface area contributed by atoms with E-state index in [0.717, 1.165) is 17.7 Å². The minimum atomic E-state index is -0.246. The third-order valence-electron chi connectivity index (χ3n) is 3.59. The van der Waals surface area contributed by atoms with Gasteiger partial charge < -0.3 is 19.7 Å². The van der Waals surface area contributed by atoms with Crippen LogP contribution in [0.15, 0.2) is 36.0 Å². The summed E-state index contributed by atoms with van der Waals surface area (Å²) in [7, 11) is 1.64. The smallest absolute Gasteiger partial charge is 0.266 e. The topological polar surface area (TPSA) is 74.6 Å². The average Bonchev–Trinajstić information content (AvgIpc) is 2.62. The maximum Gasteiger partial charge on any atom is 0.266 e. The molecule has 1 aromatic rings. The molecule has 1 aliphatic rings. The molecule has 1 fully saturated rings. The van der Waals surface area contributed by atoms with Crippen LogP contribution < -0.4 is 10.1 Å². The first kappa shape index (κ1) is 16.8. The summed E-state index contributed by atoms with van der Waals surface area (Å²) in [5, 5.41) is 12.2. The lowest BCUT2D eigenvalue weighted by molar-refractivity contribution is -0.130. The Balaban J connectivity index is 1.84. The summed E-state index contributed by atoms with van der Waals surface area (Å²) in [6.45, 7) is 2.74. The molecule has 1 aromatic carbocycles. The minimum absolute atomic E-state index is 0.123. The van der Waals surface area contributed by atoms with Crippen molar-refractivity contribution in [1.29, 1.82) is 5.26 Å². The Morgan fingerprint density at radius 3 is 2.96 bits per heavy atom. The maximum absolute atomic E-state index is 12.2. The zero-order valence-corrected chi connectivity index (χ0v) is 13.2. The summed E-state index contributed by atoms with van der Waals surface area (Å²) < 4.78 is 10.4. The van der Waals surface area contributed by atoms with Crippen LogP contribution in [-0.2, 0) is 16.0 Å². The molecule has 0 spiro atoms. The number of benzene rings is 1. The molecule has 0 atom stereocenters. The molecule has 23 heavy (non-hydrogen) atoms. The number of ether oxygens (including phenoxy) is 2. The number of nitrogens with zero attached hydrogens (tertiary/aromatic N) is 2. The van der Waals surface area contributed by atoms with E-state index in [2.05, 4.69) is 5.32 Å². The van der Waals surface area contributed by atoms with Gasteiger partial charge in [-0.3, -0.25) is 4.79 Å². The van der Waals surface area contributed by atoms with Crippen LogP contribution in [0.2, 0.25) is 0 Å². The van der Waals surface area contributed by atoms with Crippen molar-refractivity contribution in [3.05, 3.63) is 41.6 Å². The van der Waals surface area contributed by atoms with Crippen molar-refractivity contribution in [3.8, 4) is 11.8 Å². The van der Waals surface area contributed by atoms with E-state index in [-0.39, 0.29) is 11.5 Å². The summed E-state index contributed by atoms with van der Waals surface area (Å²) in [5.41, 5.74) is 1.25. The molecular weight excluding hydrogens is 294 g/mol. The van der Waals surface area contributed by atoms with Crippen molar-refractivity contribution in [2.24, 2.45) is 0 Å². The first-order valence-electron chi connectivity index (χ1n) is 7.58. The van der Waals surface area contributed by atoms with Crippen molar-refractivity contribution in [2.45, 2.75) is 6.42 Å². The molecule has 1 aliphatic heterocycles. The second-order valence-corrected chi connectivity index (χ2v) is 5.13. The molecule has 0 saturated carbocycles. The lowest BCUT2D eigenvalue weighted by Crippen LogP contribution is -2.41. The highest BCUT2D eigenvalue weighted by molar-refractivity contribution is 5.97. The van der Waals surface area contributed by atoms with Crippen LogP contribution in [0.25, 0.3) is 0 Å². The Morgan fingerprint density at radius 1 is 1.48 bits per heavy atom. The fourth-order valence-corrected chi connectivity index (χ4v) is 2.30. The van der Waals surface area contributed by atoms with Crippen LogP contribution in [0, 0.1) is 11.3 Å². The van der Waals surface area contributed by atoms with E-state index in [1.54, 1.807) is 12.0 Å². The van der Waals surface area contributed by atoms with E-state index < -0.39 is 0 Å². The maximum atomic E-state index is 12.2. The molecular formula is C17H21N3O3. The summed E-state index contributed by atoms with van der Waals surface area (Å²) in [4.78, 5) is 13.8. The van der Waals surface area contributed by atoms with Crippen molar-refractivity contribution in [3.63, 3.8) is 0 Å². The molecule has 0 bridgehead atoms. The monoisotopic (exact) mass is 315 g/mol. The van der Waals surface area contributed by atoms with Gasteiger partial charge in [-0.25, -0.2) is 0 Å². The lowest BCUT2D eigenvalue weighted by atomic mass is 10.1. The molecule has 0 aliphatic carbocycles. The first-order chi connectivity index (χ1) is 11.2. The molecule has 2 rings (SSSR count). The molecule has 0 unspecified atom stereocenters. The number of hydrogen-bond acceptors (Lipinski definition) is 5. The predicted octanol–water partition coefficient (Wildman–Crippen LogP) is 1.09. The highest BCUT2D eigenvalue weighted by Crippen LogP contribution is 2.12. The summed E-state index contributed by atoms with van der Waals surface area (Å²) in [6, 6.07) is 9.77. The molecule has 1 heterocycles. The van der Waals surface area contributed by atoms with Crippen LogP contribution in [0.1, 0.15) is 5.56 Å². The number of nitrogens with one attached hydrogen (secondary N) is 1. The molecule has 122 valence electrons. The fraction of sp³-hybridized carbons (Fsp3) is 0.412. The van der Waals surface area contributed by atoms with Crippen LogP contribution in [0.4, 0.5) is 0 Å². The number of rotatable bonds is 6. The minimum Gasteiger partial charge on any atom is -0.497 e. The van der Waals surface area contributed by atoms with Crippen molar-refractivity contribution in [1.82, 2.24) is 10.2 Å². The van der Waals surface area contributed by atoms with Crippen LogP contribution in [0.3, 0.4) is 0 Å². The quantitative estimate of drug-likeness (QED) is 0.483. The van der Waals surface area contributed by atoms with Crippen molar-refractivity contribution in [2.75, 3.05) is 40.0 Å². The molecule has 0 radical (unpaired) electrons. The number of hydrogen-bond donors (Lipinski definition) is 1. The largest absolute Gasteiger partial charge is 0.497 e. The number of nitriles is 1. The number of amides is 1. The molecule has 1 saturated heterocycles. The normalized spacial score (nSPS) is 15.0. The lowest BCUT2D eigenvalue weighted by Gasteiger charge is -2.26. The Hall–Kier alpha value is -2.52. The third-order valence-corrected chi connectivity index (χ3v) is 3.59. The zero-order valence-electron chi connectivity index (χ0n) is 13.2. The van der Waals surface area contributed by atoms with Gasteiger partial charge in [0.15, 0.2) is 0 Å². The Bertz CT molecular complexity index is 601. The highest BCUT2D eigenvalue weighted by Gasteiger charge is 2.20. The van der Waals surface area contributed by atoms with E-state index >= 15 is 0 Å². The van der Waals surface area contributed by atoms with Crippen molar-refractivity contribution >= 4 is 5.91 Å². The van der Waals surface area contributed by atoms with Crippen molar-refractivity contribution < 1.29 is 14.3 Å². The summed E-state index contributed by atoms with van der Waals surface area (Å²) in [5.74, 6) is 0.572. The molecule has 0 aromatic heterocycles. The van der Waals surface area contributed by atoms with E-state index in [1.807, 2.05) is 30.3 Å². The number of morpholine rings is 1. The van der Waals surface area contributed by atoms with E-state index in [0.29, 0.717) is 32.8 Å². The first-order valence-corrected chi connectivity index (χ1v) is 7.58. The fourth-order valence-electron chi connectivity index (χ4n) is 2.30. The van der Waals surface area contributed by atoms with Gasteiger partial charge in [0.05, 0.1) is 20.3 Å². The van der Waals surface area contributed by atoms with Gasteiger partial charge >= 0.3 is 0 Å². The average molecular weight is 315 g/mol. The zero-order chi connectivity index (χ0) is 16.5. The molecule has 1 N–H and O–H groups in total. The van der Waals surface area contributed by atoms with Gasteiger partial charge in [0.25, 0.3) is 5.91 Å². The SMILES string of the molecule is COc1cccc(CCN/C=C(/C#N)C(=O)N2CCOCC2)c1. The van der Waals surface area contributed by atoms with Crippen LogP contribution in [-0.4, -0.2) is 50.8 Å². The van der Waals surface area contributed by atoms with Gasteiger partial charge in [-0.1, -0.05) is 12.1 Å². The summed E-state index contributed by atoms with van der Waals surface area (Å²) in [6.07, 6.45) is 2.27. The van der Waals surface area contributed by atoms with Crippen LogP contribution in [0.5, 0.6) is 5.75 Å². The standard InChI is InChI=1S/C17H21N3O3/c1-22-16-4-2-3-14(11-16)5-6-19-13-15(12-18)17(21)20-7-9-23-10-8-20/h2-4,11,13,19H,5-10H2,1H3/b15-13-. The Labute approximate surface area is 136 Å². The second-order valence-electron chi connectivity index (χ2n) is 5.13. The number of methoxy groups -OCH3 is 1. The number of carbonyl (C=O) groups excluding carboxylic acids is 1. The van der Waals surface area contributed by atoms with E-state index in [4.69, 9.17) is 14.7 Å². The summed E-state index contributed by atoms with van der Waals surface area (Å²) >= 11 is 0. The third kappa shape index (κ3) is 5.01. The highest BCUT2D eigenvalue weighted by atomic mass is 16.5.